The SMILES string of the molecule is CCC(C)NC(=O)[C@H](N)Cc1c[nH]c2ccccc12. The van der Waals surface area contributed by atoms with Crippen molar-refractivity contribution < 1.29 is 4.79 Å². The minimum Gasteiger partial charge on any atom is -0.361 e. The van der Waals surface area contributed by atoms with Gasteiger partial charge in [-0.05, 0) is 31.4 Å². The van der Waals surface area contributed by atoms with Crippen LogP contribution in [0.5, 0.6) is 0 Å². The van der Waals surface area contributed by atoms with Crippen molar-refractivity contribution in [3.63, 3.8) is 0 Å². The third-order valence-corrected chi connectivity index (χ3v) is 3.45. The Balaban J connectivity index is 2.06. The number of nitrogens with one attached hydrogen (secondary N) is 2. The van der Waals surface area contributed by atoms with Crippen molar-refractivity contribution in [3.05, 3.63) is 36.0 Å². The van der Waals surface area contributed by atoms with Crippen LogP contribution in [-0.2, 0) is 11.2 Å². The van der Waals surface area contributed by atoms with Gasteiger partial charge in [-0.15, -0.1) is 0 Å². The first-order chi connectivity index (χ1) is 9.11. The van der Waals surface area contributed by atoms with E-state index < -0.39 is 6.04 Å². The molecule has 1 aromatic heterocycles. The fourth-order valence-electron chi connectivity index (χ4n) is 2.08. The van der Waals surface area contributed by atoms with E-state index in [1.807, 2.05) is 44.3 Å². The second-order valence-corrected chi connectivity index (χ2v) is 4.99. The third kappa shape index (κ3) is 3.15. The molecule has 0 saturated carbocycles. The zero-order chi connectivity index (χ0) is 13.8. The summed E-state index contributed by atoms with van der Waals surface area (Å²) in [6.45, 7) is 4.02. The van der Waals surface area contributed by atoms with Crippen LogP contribution in [0.2, 0.25) is 0 Å². The second kappa shape index (κ2) is 5.89. The molecular weight excluding hydrogens is 238 g/mol. The number of aromatic nitrogens is 1. The van der Waals surface area contributed by atoms with Gasteiger partial charge in [0, 0.05) is 23.1 Å². The van der Waals surface area contributed by atoms with Crippen LogP contribution in [0.1, 0.15) is 25.8 Å². The quantitative estimate of drug-likeness (QED) is 0.768. The number of amides is 1. The fourth-order valence-corrected chi connectivity index (χ4v) is 2.08. The number of fused-ring (bicyclic) bond motifs is 1. The Labute approximate surface area is 113 Å². The van der Waals surface area contributed by atoms with Crippen molar-refractivity contribution in [1.82, 2.24) is 10.3 Å². The lowest BCUT2D eigenvalue weighted by atomic mass is 10.0. The number of nitrogens with two attached hydrogens (primary N) is 1. The van der Waals surface area contributed by atoms with Crippen LogP contribution in [-0.4, -0.2) is 23.0 Å². The third-order valence-electron chi connectivity index (χ3n) is 3.45. The predicted molar refractivity (Wildman–Crippen MR) is 77.9 cm³/mol. The molecule has 0 fully saturated rings. The Hall–Kier alpha value is -1.81. The molecule has 0 bridgehead atoms. The predicted octanol–water partition coefficient (Wildman–Crippen LogP) is 1.95. The van der Waals surface area contributed by atoms with E-state index in [0.717, 1.165) is 22.9 Å². The number of hydrogen-bond acceptors (Lipinski definition) is 2. The molecule has 0 aliphatic heterocycles. The molecule has 1 unspecified atom stereocenters. The fraction of sp³-hybridized carbons (Fsp3) is 0.400. The van der Waals surface area contributed by atoms with Gasteiger partial charge in [0.15, 0.2) is 0 Å². The number of carbonyl (C=O) groups is 1. The maximum atomic E-state index is 11.9. The summed E-state index contributed by atoms with van der Waals surface area (Å²) in [5, 5.41) is 4.05. The lowest BCUT2D eigenvalue weighted by Crippen LogP contribution is -2.45. The van der Waals surface area contributed by atoms with E-state index in [2.05, 4.69) is 10.3 Å². The topological polar surface area (TPSA) is 70.9 Å². The minimum absolute atomic E-state index is 0.0837. The van der Waals surface area contributed by atoms with Gasteiger partial charge >= 0.3 is 0 Å². The number of H-pyrrole nitrogens is 1. The number of aromatic amines is 1. The lowest BCUT2D eigenvalue weighted by molar-refractivity contribution is -0.122. The summed E-state index contributed by atoms with van der Waals surface area (Å²) in [5.41, 5.74) is 8.14. The molecule has 2 rings (SSSR count). The maximum absolute atomic E-state index is 11.9. The summed E-state index contributed by atoms with van der Waals surface area (Å²) in [6.07, 6.45) is 3.39. The van der Waals surface area contributed by atoms with Crippen LogP contribution in [0, 0.1) is 0 Å². The van der Waals surface area contributed by atoms with Crippen molar-refractivity contribution in [2.75, 3.05) is 0 Å². The number of carbonyl (C=O) groups excluding carboxylic acids is 1. The largest absolute Gasteiger partial charge is 0.361 e. The Morgan fingerprint density at radius 3 is 2.89 bits per heavy atom. The van der Waals surface area contributed by atoms with Crippen LogP contribution in [0.4, 0.5) is 0 Å². The van der Waals surface area contributed by atoms with E-state index in [1.54, 1.807) is 0 Å². The van der Waals surface area contributed by atoms with Gasteiger partial charge in [0.05, 0.1) is 6.04 Å². The summed E-state index contributed by atoms with van der Waals surface area (Å²) >= 11 is 0. The van der Waals surface area contributed by atoms with Crippen molar-refractivity contribution in [2.45, 2.75) is 38.8 Å². The first-order valence-corrected chi connectivity index (χ1v) is 6.72. The van der Waals surface area contributed by atoms with E-state index in [4.69, 9.17) is 5.73 Å². The van der Waals surface area contributed by atoms with Gasteiger partial charge in [0.1, 0.15) is 0 Å². The molecule has 1 aromatic carbocycles. The molecule has 0 aliphatic rings. The normalized spacial score (nSPS) is 14.3. The molecule has 1 amide bonds. The molecule has 102 valence electrons. The molecule has 4 nitrogen and oxygen atoms in total. The van der Waals surface area contributed by atoms with Gasteiger partial charge in [0.2, 0.25) is 5.91 Å². The molecule has 0 aliphatic carbocycles. The van der Waals surface area contributed by atoms with Crippen LogP contribution in [0.15, 0.2) is 30.5 Å². The molecule has 4 heteroatoms. The van der Waals surface area contributed by atoms with Crippen LogP contribution in [0.3, 0.4) is 0 Å². The highest BCUT2D eigenvalue weighted by atomic mass is 16.2. The molecule has 2 atom stereocenters. The summed E-state index contributed by atoms with van der Waals surface area (Å²) < 4.78 is 0. The van der Waals surface area contributed by atoms with Gasteiger partial charge in [-0.2, -0.15) is 0 Å². The smallest absolute Gasteiger partial charge is 0.237 e. The molecule has 2 aromatic rings. The summed E-state index contributed by atoms with van der Waals surface area (Å²) in [6, 6.07) is 7.70. The van der Waals surface area contributed by atoms with E-state index in [1.165, 1.54) is 0 Å². The monoisotopic (exact) mass is 259 g/mol. The highest BCUT2D eigenvalue weighted by molar-refractivity contribution is 5.86. The number of hydrogen-bond donors (Lipinski definition) is 3. The number of benzene rings is 1. The van der Waals surface area contributed by atoms with Gasteiger partial charge < -0.3 is 16.0 Å². The molecular formula is C15H21N3O. The molecule has 19 heavy (non-hydrogen) atoms. The lowest BCUT2D eigenvalue weighted by Gasteiger charge is -2.16. The Morgan fingerprint density at radius 1 is 1.42 bits per heavy atom. The first kappa shape index (κ1) is 13.6. The van der Waals surface area contributed by atoms with Crippen molar-refractivity contribution in [1.29, 1.82) is 0 Å². The van der Waals surface area contributed by atoms with Crippen LogP contribution >= 0.6 is 0 Å². The van der Waals surface area contributed by atoms with Gasteiger partial charge in [-0.1, -0.05) is 25.1 Å². The number of rotatable bonds is 5. The summed E-state index contributed by atoms with van der Waals surface area (Å²) in [5.74, 6) is -0.0837. The van der Waals surface area contributed by atoms with Gasteiger partial charge in [0.25, 0.3) is 0 Å². The zero-order valence-corrected chi connectivity index (χ0v) is 11.4. The van der Waals surface area contributed by atoms with Gasteiger partial charge in [-0.25, -0.2) is 0 Å². The van der Waals surface area contributed by atoms with Crippen molar-refractivity contribution >= 4 is 16.8 Å². The second-order valence-electron chi connectivity index (χ2n) is 4.99. The van der Waals surface area contributed by atoms with Crippen molar-refractivity contribution in [3.8, 4) is 0 Å². The molecule has 4 N–H and O–H groups in total. The zero-order valence-electron chi connectivity index (χ0n) is 11.4. The molecule has 0 saturated heterocycles. The summed E-state index contributed by atoms with van der Waals surface area (Å²) in [7, 11) is 0. The van der Waals surface area contributed by atoms with Crippen LogP contribution < -0.4 is 11.1 Å². The maximum Gasteiger partial charge on any atom is 0.237 e. The van der Waals surface area contributed by atoms with E-state index >= 15 is 0 Å². The van der Waals surface area contributed by atoms with E-state index in [9.17, 15) is 4.79 Å². The standard InChI is InChI=1S/C15H21N3O/c1-3-10(2)18-15(19)13(16)8-11-9-17-14-7-5-4-6-12(11)14/h4-7,9-10,13,17H,3,8,16H2,1-2H3,(H,18,19)/t10?,13-/m1/s1. The summed E-state index contributed by atoms with van der Waals surface area (Å²) in [4.78, 5) is 15.1. The van der Waals surface area contributed by atoms with E-state index in [0.29, 0.717) is 6.42 Å². The van der Waals surface area contributed by atoms with Crippen LogP contribution in [0.25, 0.3) is 10.9 Å². The van der Waals surface area contributed by atoms with Crippen molar-refractivity contribution in [2.24, 2.45) is 5.73 Å². The Bertz CT molecular complexity index is 561. The molecule has 0 radical (unpaired) electrons. The highest BCUT2D eigenvalue weighted by Crippen LogP contribution is 2.18. The average molecular weight is 259 g/mol. The number of para-hydroxylation sites is 1. The highest BCUT2D eigenvalue weighted by Gasteiger charge is 2.17. The molecule has 0 spiro atoms. The Morgan fingerprint density at radius 2 is 2.16 bits per heavy atom. The first-order valence-electron chi connectivity index (χ1n) is 6.72. The average Bonchev–Trinajstić information content (AvgIpc) is 2.82. The molecule has 1 heterocycles. The van der Waals surface area contributed by atoms with Gasteiger partial charge in [-0.3, -0.25) is 4.79 Å². The Kier molecular flexibility index (Phi) is 4.22. The minimum atomic E-state index is -0.506. The van der Waals surface area contributed by atoms with E-state index in [-0.39, 0.29) is 11.9 Å².